The maximum atomic E-state index is 13.9. The number of nitrogens with zero attached hydrogens (tertiary/aromatic N) is 2. The molecule has 0 unspecified atom stereocenters. The highest BCUT2D eigenvalue weighted by molar-refractivity contribution is 5.64. The van der Waals surface area contributed by atoms with Crippen LogP contribution in [0.2, 0.25) is 0 Å². The van der Waals surface area contributed by atoms with E-state index in [9.17, 15) is 13.2 Å². The van der Waals surface area contributed by atoms with Gasteiger partial charge >= 0.3 is 0 Å². The summed E-state index contributed by atoms with van der Waals surface area (Å²) in [5.74, 6) is -3.06. The lowest BCUT2D eigenvalue weighted by molar-refractivity contribution is 0.359. The van der Waals surface area contributed by atoms with Gasteiger partial charge in [0.25, 0.3) is 0 Å². The van der Waals surface area contributed by atoms with Crippen LogP contribution < -0.4 is 0 Å². The Morgan fingerprint density at radius 3 is 2.16 bits per heavy atom. The second kappa shape index (κ2) is 4.40. The molecule has 102 valence electrons. The molecule has 2 aromatic rings. The summed E-state index contributed by atoms with van der Waals surface area (Å²) in [5, 5.41) is 4.19. The zero-order valence-electron chi connectivity index (χ0n) is 11.3. The lowest BCUT2D eigenvalue weighted by Crippen LogP contribution is -2.24. The van der Waals surface area contributed by atoms with Gasteiger partial charge in [-0.05, 0) is 39.3 Å². The van der Waals surface area contributed by atoms with Crippen LogP contribution in [0, 0.1) is 24.4 Å². The summed E-state index contributed by atoms with van der Waals surface area (Å²) < 4.78 is 41.8. The molecule has 19 heavy (non-hydrogen) atoms. The van der Waals surface area contributed by atoms with E-state index in [2.05, 4.69) is 5.10 Å². The molecule has 0 spiro atoms. The molecule has 0 saturated heterocycles. The van der Waals surface area contributed by atoms with Crippen LogP contribution in [-0.4, -0.2) is 9.78 Å². The quantitative estimate of drug-likeness (QED) is 0.714. The van der Waals surface area contributed by atoms with E-state index >= 15 is 0 Å². The number of aryl methyl sites for hydroxylation is 1. The summed E-state index contributed by atoms with van der Waals surface area (Å²) in [6.07, 6.45) is 1.58. The van der Waals surface area contributed by atoms with Gasteiger partial charge < -0.3 is 0 Å². The Kier molecular flexibility index (Phi) is 3.16. The van der Waals surface area contributed by atoms with E-state index in [1.807, 2.05) is 20.8 Å². The first-order valence-corrected chi connectivity index (χ1v) is 5.92. The molecule has 1 aromatic carbocycles. The Balaban J connectivity index is 2.73. The summed E-state index contributed by atoms with van der Waals surface area (Å²) in [6.45, 7) is 7.47. The van der Waals surface area contributed by atoms with Crippen LogP contribution in [0.1, 0.15) is 26.3 Å². The van der Waals surface area contributed by atoms with Crippen LogP contribution in [0.4, 0.5) is 13.2 Å². The average molecular weight is 268 g/mol. The van der Waals surface area contributed by atoms with Gasteiger partial charge in [0.1, 0.15) is 5.82 Å². The monoisotopic (exact) mass is 268 g/mol. The lowest BCUT2D eigenvalue weighted by atomic mass is 10.0. The molecule has 0 aliphatic heterocycles. The third-order valence-electron chi connectivity index (χ3n) is 2.85. The number of hydrogen-bond donors (Lipinski definition) is 0. The standard InChI is InChI=1S/C14H15F3N2/c1-8-7-18-19(14(2,3)4)13(8)9-5-11(16)12(17)6-10(9)15/h5-7H,1-4H3. The third kappa shape index (κ3) is 2.37. The molecule has 0 amide bonds. The molecule has 2 nitrogen and oxygen atoms in total. The van der Waals surface area contributed by atoms with Crippen molar-refractivity contribution >= 4 is 0 Å². The summed E-state index contributed by atoms with van der Waals surface area (Å²) in [7, 11) is 0. The molecule has 5 heteroatoms. The van der Waals surface area contributed by atoms with Crippen LogP contribution >= 0.6 is 0 Å². The minimum absolute atomic E-state index is 0.0174. The number of aromatic nitrogens is 2. The molecule has 0 aliphatic carbocycles. The molecule has 1 aromatic heterocycles. The molecule has 2 rings (SSSR count). The molecule has 0 bridgehead atoms. The van der Waals surface area contributed by atoms with E-state index in [1.165, 1.54) is 0 Å². The van der Waals surface area contributed by atoms with Gasteiger partial charge in [0, 0.05) is 11.6 Å². The van der Waals surface area contributed by atoms with E-state index in [4.69, 9.17) is 0 Å². The molecule has 0 saturated carbocycles. The summed E-state index contributed by atoms with van der Waals surface area (Å²) in [6, 6.07) is 1.43. The molecule has 0 atom stereocenters. The summed E-state index contributed by atoms with van der Waals surface area (Å²) >= 11 is 0. The summed E-state index contributed by atoms with van der Waals surface area (Å²) in [5.41, 5.74) is 0.800. The Bertz CT molecular complexity index is 624. The van der Waals surface area contributed by atoms with Crippen molar-refractivity contribution < 1.29 is 13.2 Å². The fraction of sp³-hybridized carbons (Fsp3) is 0.357. The van der Waals surface area contributed by atoms with Crippen molar-refractivity contribution in [3.63, 3.8) is 0 Å². The van der Waals surface area contributed by atoms with Crippen LogP contribution in [0.5, 0.6) is 0 Å². The van der Waals surface area contributed by atoms with Crippen molar-refractivity contribution in [3.8, 4) is 11.3 Å². The largest absolute Gasteiger partial charge is 0.259 e. The molecule has 1 heterocycles. The summed E-state index contributed by atoms with van der Waals surface area (Å²) in [4.78, 5) is 0. The van der Waals surface area contributed by atoms with E-state index in [-0.39, 0.29) is 11.1 Å². The fourth-order valence-corrected chi connectivity index (χ4v) is 1.97. The molecule has 0 radical (unpaired) electrons. The van der Waals surface area contributed by atoms with Gasteiger partial charge in [0.15, 0.2) is 11.6 Å². The zero-order valence-corrected chi connectivity index (χ0v) is 11.3. The van der Waals surface area contributed by atoms with Crippen LogP contribution in [0.3, 0.4) is 0 Å². The lowest BCUT2D eigenvalue weighted by Gasteiger charge is -2.23. The van der Waals surface area contributed by atoms with Crippen LogP contribution in [0.15, 0.2) is 18.3 Å². The highest BCUT2D eigenvalue weighted by Gasteiger charge is 2.23. The van der Waals surface area contributed by atoms with Gasteiger partial charge in [-0.25, -0.2) is 13.2 Å². The van der Waals surface area contributed by atoms with Gasteiger partial charge in [0.2, 0.25) is 0 Å². The normalized spacial score (nSPS) is 11.9. The van der Waals surface area contributed by atoms with Crippen molar-refractivity contribution in [3.05, 3.63) is 41.3 Å². The van der Waals surface area contributed by atoms with Gasteiger partial charge in [-0.2, -0.15) is 5.10 Å². The van der Waals surface area contributed by atoms with Gasteiger partial charge in [0.05, 0.1) is 17.4 Å². The fourth-order valence-electron chi connectivity index (χ4n) is 1.97. The smallest absolute Gasteiger partial charge is 0.161 e. The second-order valence-corrected chi connectivity index (χ2v) is 5.50. The Labute approximate surface area is 109 Å². The highest BCUT2D eigenvalue weighted by atomic mass is 19.2. The van der Waals surface area contributed by atoms with Crippen LogP contribution in [0.25, 0.3) is 11.3 Å². The molecule has 0 fully saturated rings. The molecular weight excluding hydrogens is 253 g/mol. The van der Waals surface area contributed by atoms with Crippen molar-refractivity contribution in [1.82, 2.24) is 9.78 Å². The first kappa shape index (κ1) is 13.6. The Hall–Kier alpha value is -1.78. The first-order valence-electron chi connectivity index (χ1n) is 5.92. The van der Waals surface area contributed by atoms with Gasteiger partial charge in [-0.3, -0.25) is 4.68 Å². The van der Waals surface area contributed by atoms with Crippen LogP contribution in [-0.2, 0) is 5.54 Å². The van der Waals surface area contributed by atoms with E-state index in [0.717, 1.165) is 6.07 Å². The Morgan fingerprint density at radius 2 is 1.58 bits per heavy atom. The third-order valence-corrected chi connectivity index (χ3v) is 2.85. The second-order valence-electron chi connectivity index (χ2n) is 5.50. The van der Waals surface area contributed by atoms with Crippen molar-refractivity contribution in [2.24, 2.45) is 0 Å². The van der Waals surface area contributed by atoms with Crippen molar-refractivity contribution in [2.75, 3.05) is 0 Å². The van der Waals surface area contributed by atoms with Crippen molar-refractivity contribution in [2.45, 2.75) is 33.2 Å². The molecule has 0 aliphatic rings. The zero-order chi connectivity index (χ0) is 14.4. The minimum Gasteiger partial charge on any atom is -0.259 e. The number of rotatable bonds is 1. The van der Waals surface area contributed by atoms with E-state index in [0.29, 0.717) is 17.3 Å². The number of hydrogen-bond acceptors (Lipinski definition) is 1. The number of benzene rings is 1. The van der Waals surface area contributed by atoms with E-state index < -0.39 is 17.5 Å². The maximum Gasteiger partial charge on any atom is 0.161 e. The van der Waals surface area contributed by atoms with Gasteiger partial charge in [-0.15, -0.1) is 0 Å². The van der Waals surface area contributed by atoms with E-state index in [1.54, 1.807) is 17.8 Å². The number of halogens is 3. The molecule has 0 N–H and O–H groups in total. The molecular formula is C14H15F3N2. The SMILES string of the molecule is Cc1cnn(C(C)(C)C)c1-c1cc(F)c(F)cc1F. The Morgan fingerprint density at radius 1 is 1.00 bits per heavy atom. The highest BCUT2D eigenvalue weighted by Crippen LogP contribution is 2.31. The van der Waals surface area contributed by atoms with Crippen molar-refractivity contribution in [1.29, 1.82) is 0 Å². The van der Waals surface area contributed by atoms with Gasteiger partial charge in [-0.1, -0.05) is 0 Å². The predicted octanol–water partition coefficient (Wildman–Crippen LogP) is 4.03. The minimum atomic E-state index is -1.19. The topological polar surface area (TPSA) is 17.8 Å². The maximum absolute atomic E-state index is 13.9. The first-order chi connectivity index (χ1) is 8.71. The predicted molar refractivity (Wildman–Crippen MR) is 67.3 cm³/mol. The average Bonchev–Trinajstić information content (AvgIpc) is 2.65.